The molecule has 0 atom stereocenters. The number of hydrogen-bond acceptors (Lipinski definition) is 3. The molecule has 0 saturated carbocycles. The lowest BCUT2D eigenvalue weighted by Crippen LogP contribution is -1.95. The molecule has 0 aliphatic carbocycles. The molecule has 0 amide bonds. The lowest BCUT2D eigenvalue weighted by molar-refractivity contribution is 0.363. The normalized spacial score (nSPS) is 10.8. The van der Waals surface area contributed by atoms with E-state index in [0.29, 0.717) is 24.0 Å². The summed E-state index contributed by atoms with van der Waals surface area (Å²) in [6.07, 6.45) is 0.928. The van der Waals surface area contributed by atoms with Gasteiger partial charge in [0.15, 0.2) is 11.5 Å². The summed E-state index contributed by atoms with van der Waals surface area (Å²) in [4.78, 5) is 0. The maximum atomic E-state index is 10.4. The Bertz CT molecular complexity index is 1100. The predicted octanol–water partition coefficient (Wildman–Crippen LogP) is 5.65. The molecular weight excluding hydrogens is 360 g/mol. The van der Waals surface area contributed by atoms with Crippen molar-refractivity contribution in [3.8, 4) is 28.4 Å². The number of aromatic hydroxyl groups is 3. The van der Waals surface area contributed by atoms with Crippen molar-refractivity contribution in [3.63, 3.8) is 0 Å². The molecule has 0 fully saturated rings. The third kappa shape index (κ3) is 4.09. The average Bonchev–Trinajstić information content (AvgIpc) is 2.77. The van der Waals surface area contributed by atoms with E-state index in [-0.39, 0.29) is 11.5 Å². The van der Waals surface area contributed by atoms with Gasteiger partial charge in [-0.2, -0.15) is 0 Å². The molecule has 0 saturated heterocycles. The van der Waals surface area contributed by atoms with Gasteiger partial charge in [0.2, 0.25) is 5.75 Å². The SMILES string of the molecule is Oc1c(Cc2ccccc2)cc(Cc2ccc(-c3ccccc3)cc2)c(O)c1O. The molecule has 0 bridgehead atoms. The molecule has 144 valence electrons. The molecular formula is C26H22O3. The molecule has 0 aliphatic heterocycles. The highest BCUT2D eigenvalue weighted by molar-refractivity contribution is 5.64. The first-order valence-electron chi connectivity index (χ1n) is 9.56. The Morgan fingerprint density at radius 2 is 0.897 bits per heavy atom. The van der Waals surface area contributed by atoms with Crippen LogP contribution in [0.4, 0.5) is 0 Å². The number of benzene rings is 4. The maximum Gasteiger partial charge on any atom is 0.200 e. The van der Waals surface area contributed by atoms with Gasteiger partial charge in [-0.1, -0.05) is 84.9 Å². The number of hydrogen-bond donors (Lipinski definition) is 3. The predicted molar refractivity (Wildman–Crippen MR) is 115 cm³/mol. The highest BCUT2D eigenvalue weighted by Crippen LogP contribution is 2.42. The van der Waals surface area contributed by atoms with Gasteiger partial charge in [0.25, 0.3) is 0 Å². The molecule has 4 rings (SSSR count). The molecule has 0 spiro atoms. The van der Waals surface area contributed by atoms with E-state index < -0.39 is 5.75 Å². The first kappa shape index (κ1) is 18.6. The lowest BCUT2D eigenvalue weighted by atomic mass is 9.96. The standard InChI is InChI=1S/C26H22O3/c27-24-22(15-18-7-3-1-4-8-18)17-23(25(28)26(24)29)16-19-11-13-21(14-12-19)20-9-5-2-6-10-20/h1-14,17,27-29H,15-16H2. The van der Waals surface area contributed by atoms with Gasteiger partial charge in [-0.05, 0) is 28.3 Å². The molecule has 3 heteroatoms. The van der Waals surface area contributed by atoms with Crippen LogP contribution in [-0.2, 0) is 12.8 Å². The summed E-state index contributed by atoms with van der Waals surface area (Å²) in [6.45, 7) is 0. The Kier molecular flexibility index (Phi) is 5.21. The quantitative estimate of drug-likeness (QED) is 0.391. The average molecular weight is 382 g/mol. The van der Waals surface area contributed by atoms with Crippen molar-refractivity contribution in [1.29, 1.82) is 0 Å². The van der Waals surface area contributed by atoms with E-state index in [1.165, 1.54) is 0 Å². The molecule has 0 unspecified atom stereocenters. The Balaban J connectivity index is 1.61. The molecule has 0 aromatic heterocycles. The minimum atomic E-state index is -0.464. The zero-order valence-electron chi connectivity index (χ0n) is 15.9. The van der Waals surface area contributed by atoms with Gasteiger partial charge < -0.3 is 15.3 Å². The Morgan fingerprint density at radius 1 is 0.448 bits per heavy atom. The summed E-state index contributed by atoms with van der Waals surface area (Å²) < 4.78 is 0. The highest BCUT2D eigenvalue weighted by atomic mass is 16.3. The lowest BCUT2D eigenvalue weighted by Gasteiger charge is -2.13. The zero-order chi connectivity index (χ0) is 20.2. The molecule has 3 nitrogen and oxygen atoms in total. The minimum absolute atomic E-state index is 0.269. The molecule has 0 aliphatic rings. The largest absolute Gasteiger partial charge is 0.504 e. The third-order valence-electron chi connectivity index (χ3n) is 5.10. The Hall–Kier alpha value is -3.72. The van der Waals surface area contributed by atoms with Crippen molar-refractivity contribution < 1.29 is 15.3 Å². The summed E-state index contributed by atoms with van der Waals surface area (Å²) in [5, 5.41) is 30.9. The first-order valence-corrected chi connectivity index (χ1v) is 9.56. The van der Waals surface area contributed by atoms with Gasteiger partial charge in [-0.3, -0.25) is 0 Å². The first-order chi connectivity index (χ1) is 14.1. The van der Waals surface area contributed by atoms with Crippen LogP contribution in [0.3, 0.4) is 0 Å². The van der Waals surface area contributed by atoms with Crippen LogP contribution < -0.4 is 0 Å². The van der Waals surface area contributed by atoms with Gasteiger partial charge in [0.05, 0.1) is 0 Å². The smallest absolute Gasteiger partial charge is 0.200 e. The van der Waals surface area contributed by atoms with Gasteiger partial charge in [-0.25, -0.2) is 0 Å². The topological polar surface area (TPSA) is 60.7 Å². The molecule has 4 aromatic carbocycles. The van der Waals surface area contributed by atoms with Crippen LogP contribution in [0.5, 0.6) is 17.2 Å². The second-order valence-electron chi connectivity index (χ2n) is 7.14. The monoisotopic (exact) mass is 382 g/mol. The van der Waals surface area contributed by atoms with Crippen LogP contribution in [0.25, 0.3) is 11.1 Å². The Morgan fingerprint density at radius 3 is 1.45 bits per heavy atom. The van der Waals surface area contributed by atoms with Crippen molar-refractivity contribution in [2.45, 2.75) is 12.8 Å². The molecule has 0 heterocycles. The van der Waals surface area contributed by atoms with Crippen molar-refractivity contribution in [1.82, 2.24) is 0 Å². The second-order valence-corrected chi connectivity index (χ2v) is 7.14. The van der Waals surface area contributed by atoms with Gasteiger partial charge in [0, 0.05) is 24.0 Å². The van der Waals surface area contributed by atoms with Crippen molar-refractivity contribution in [2.24, 2.45) is 0 Å². The highest BCUT2D eigenvalue weighted by Gasteiger charge is 2.17. The number of rotatable bonds is 5. The van der Waals surface area contributed by atoms with E-state index in [9.17, 15) is 15.3 Å². The summed E-state index contributed by atoms with van der Waals surface area (Å²) in [5.41, 5.74) is 5.47. The maximum absolute atomic E-state index is 10.4. The number of phenolic OH excluding ortho intramolecular Hbond substituents is 3. The van der Waals surface area contributed by atoms with Crippen LogP contribution in [0.1, 0.15) is 22.3 Å². The van der Waals surface area contributed by atoms with Crippen LogP contribution in [0.15, 0.2) is 91.0 Å². The zero-order valence-corrected chi connectivity index (χ0v) is 15.9. The van der Waals surface area contributed by atoms with Crippen molar-refractivity contribution in [2.75, 3.05) is 0 Å². The molecule has 0 radical (unpaired) electrons. The summed E-state index contributed by atoms with van der Waals surface area (Å²) in [7, 11) is 0. The molecule has 4 aromatic rings. The van der Waals surface area contributed by atoms with Crippen LogP contribution in [0.2, 0.25) is 0 Å². The van der Waals surface area contributed by atoms with Crippen LogP contribution in [-0.4, -0.2) is 15.3 Å². The summed E-state index contributed by atoms with van der Waals surface area (Å²) in [5.74, 6) is -1.00. The second kappa shape index (κ2) is 8.11. The van der Waals surface area contributed by atoms with E-state index in [1.807, 2.05) is 72.8 Å². The van der Waals surface area contributed by atoms with Gasteiger partial charge in [-0.15, -0.1) is 0 Å². The summed E-state index contributed by atoms with van der Waals surface area (Å²) >= 11 is 0. The molecule has 3 N–H and O–H groups in total. The van der Waals surface area contributed by atoms with E-state index in [0.717, 1.165) is 22.3 Å². The van der Waals surface area contributed by atoms with Crippen LogP contribution in [0, 0.1) is 0 Å². The van der Waals surface area contributed by atoms with Crippen molar-refractivity contribution in [3.05, 3.63) is 113 Å². The number of phenols is 3. The Labute approximate surface area is 170 Å². The van der Waals surface area contributed by atoms with Gasteiger partial charge >= 0.3 is 0 Å². The third-order valence-corrected chi connectivity index (χ3v) is 5.10. The van der Waals surface area contributed by atoms with Gasteiger partial charge in [0.1, 0.15) is 0 Å². The molecule has 29 heavy (non-hydrogen) atoms. The van der Waals surface area contributed by atoms with Crippen LogP contribution >= 0.6 is 0 Å². The fourth-order valence-electron chi connectivity index (χ4n) is 3.51. The fourth-order valence-corrected chi connectivity index (χ4v) is 3.51. The minimum Gasteiger partial charge on any atom is -0.504 e. The summed E-state index contributed by atoms with van der Waals surface area (Å²) in [6, 6.07) is 29.8. The van der Waals surface area contributed by atoms with E-state index in [4.69, 9.17) is 0 Å². The van der Waals surface area contributed by atoms with E-state index in [1.54, 1.807) is 6.07 Å². The van der Waals surface area contributed by atoms with E-state index >= 15 is 0 Å². The fraction of sp³-hybridized carbons (Fsp3) is 0.0769. The van der Waals surface area contributed by atoms with Crippen molar-refractivity contribution >= 4 is 0 Å². The van der Waals surface area contributed by atoms with E-state index in [2.05, 4.69) is 12.1 Å².